The minimum absolute atomic E-state index is 0.326. The van der Waals surface area contributed by atoms with Gasteiger partial charge >= 0.3 is 18.2 Å². The van der Waals surface area contributed by atoms with E-state index >= 15 is 0 Å². The second kappa shape index (κ2) is 7.68. The third-order valence-corrected chi connectivity index (χ3v) is 3.70. The molecule has 0 radical (unpaired) electrons. The van der Waals surface area contributed by atoms with E-state index in [1.54, 1.807) is 0 Å². The zero-order valence-electron chi connectivity index (χ0n) is 12.4. The highest BCUT2D eigenvalue weighted by Crippen LogP contribution is 2.24. The smallest absolute Gasteiger partial charge is 0.383 e. The first-order chi connectivity index (χ1) is 11.0. The molecule has 124 valence electrons. The molecule has 0 amide bonds. The molecular weight excluding hydrogens is 304 g/mol. The molecule has 0 saturated carbocycles. The van der Waals surface area contributed by atoms with Gasteiger partial charge in [-0.1, -0.05) is 0 Å². The molecule has 2 N–H and O–H groups in total. The number of ether oxygens (including phenoxy) is 1. The number of carbonyl (C=O) groups excluding carboxylic acids is 1. The number of rotatable bonds is 3. The molecule has 0 aliphatic carbocycles. The van der Waals surface area contributed by atoms with Gasteiger partial charge in [0, 0.05) is 6.42 Å². The fourth-order valence-electron chi connectivity index (χ4n) is 2.53. The molecular formula is C15H18N2O6. The van der Waals surface area contributed by atoms with E-state index in [9.17, 15) is 19.7 Å². The fourth-order valence-corrected chi connectivity index (χ4v) is 2.53. The van der Waals surface area contributed by atoms with E-state index in [0.717, 1.165) is 25.9 Å². The maximum atomic E-state index is 11.1. The quantitative estimate of drug-likeness (QED) is 0.492. The average Bonchev–Trinajstić information content (AvgIpc) is 2.78. The molecule has 3 aliphatic heterocycles. The molecule has 8 nitrogen and oxygen atoms in total. The van der Waals surface area contributed by atoms with Crippen LogP contribution in [0.25, 0.3) is 0 Å². The number of fused-ring (bicyclic) bond motifs is 4. The van der Waals surface area contributed by atoms with E-state index in [1.165, 1.54) is 24.3 Å². The Hall–Kier alpha value is -2.48. The molecule has 3 heterocycles. The van der Waals surface area contributed by atoms with Gasteiger partial charge in [0.05, 0.1) is 16.1 Å². The summed E-state index contributed by atoms with van der Waals surface area (Å²) in [6.45, 7) is 1.93. The summed E-state index contributed by atoms with van der Waals surface area (Å²) in [6, 6.07) is 6.07. The number of hydrogen-bond acceptors (Lipinski definition) is 6. The Labute approximate surface area is 132 Å². The Morgan fingerprint density at radius 3 is 2.61 bits per heavy atom. The van der Waals surface area contributed by atoms with Gasteiger partial charge in [-0.25, -0.2) is 4.79 Å². The third-order valence-electron chi connectivity index (χ3n) is 3.70. The number of carboxylic acids is 1. The van der Waals surface area contributed by atoms with Crippen molar-refractivity contribution in [1.82, 2.24) is 5.32 Å². The van der Waals surface area contributed by atoms with Gasteiger partial charge in [0.2, 0.25) is 0 Å². The average molecular weight is 322 g/mol. The summed E-state index contributed by atoms with van der Waals surface area (Å²) in [5.41, 5.74) is 0.729. The molecule has 23 heavy (non-hydrogen) atoms. The summed E-state index contributed by atoms with van der Waals surface area (Å²) in [7, 11) is 0. The molecule has 2 atom stereocenters. The minimum atomic E-state index is -1.36. The van der Waals surface area contributed by atoms with Gasteiger partial charge < -0.3 is 15.2 Å². The van der Waals surface area contributed by atoms with Crippen LogP contribution in [-0.2, 0) is 9.53 Å². The first-order valence-electron chi connectivity index (χ1n) is 7.34. The van der Waals surface area contributed by atoms with Crippen LogP contribution in [0.2, 0.25) is 0 Å². The Kier molecular flexibility index (Phi) is 5.64. The van der Waals surface area contributed by atoms with E-state index < -0.39 is 23.1 Å². The van der Waals surface area contributed by atoms with Crippen molar-refractivity contribution in [2.24, 2.45) is 5.92 Å². The first-order valence-corrected chi connectivity index (χ1v) is 7.34. The topological polar surface area (TPSA) is 119 Å². The molecule has 1 aromatic rings. The molecule has 8 heteroatoms. The van der Waals surface area contributed by atoms with Crippen LogP contribution in [0.4, 0.5) is 0 Å². The number of carboxylic acid groups (broad SMARTS) is 1. The van der Waals surface area contributed by atoms with Crippen molar-refractivity contribution in [2.75, 3.05) is 13.1 Å². The van der Waals surface area contributed by atoms with Gasteiger partial charge in [-0.15, -0.1) is 0 Å². The van der Waals surface area contributed by atoms with Crippen LogP contribution in [0.1, 0.15) is 41.4 Å². The van der Waals surface area contributed by atoms with Gasteiger partial charge in [0.1, 0.15) is 0 Å². The van der Waals surface area contributed by atoms with Crippen LogP contribution in [0, 0.1) is 16.0 Å². The second-order valence-electron chi connectivity index (χ2n) is 5.48. The summed E-state index contributed by atoms with van der Waals surface area (Å²) in [6.07, 6.45) is 1.16. The lowest BCUT2D eigenvalue weighted by Gasteiger charge is -2.20. The number of nitrogens with zero attached hydrogens (tertiary/aromatic N) is 1. The van der Waals surface area contributed by atoms with Gasteiger partial charge in [-0.2, -0.15) is 0 Å². The molecule has 2 bridgehead atoms. The van der Waals surface area contributed by atoms with Crippen molar-refractivity contribution >= 4 is 11.9 Å². The number of esters is 1. The number of piperidine rings is 1. The number of aliphatic carboxylic acids is 1. The third kappa shape index (κ3) is 4.75. The number of nitrogens with one attached hydrogen (secondary N) is 1. The predicted octanol–water partition coefficient (Wildman–Crippen LogP) is 1.59. The molecule has 1 fully saturated rings. The van der Waals surface area contributed by atoms with Gasteiger partial charge in [-0.05, 0) is 56.1 Å². The largest absolute Gasteiger partial charge is 0.481 e. The second-order valence-corrected chi connectivity index (χ2v) is 5.48. The van der Waals surface area contributed by atoms with Crippen LogP contribution in [0.5, 0.6) is 0 Å². The van der Waals surface area contributed by atoms with Crippen molar-refractivity contribution in [3.63, 3.8) is 0 Å². The fraction of sp³-hybridized carbons (Fsp3) is 0.467. The number of carbonyl (C=O) groups is 2. The summed E-state index contributed by atoms with van der Waals surface area (Å²) in [5.74, 6) is -0.957. The van der Waals surface area contributed by atoms with Crippen LogP contribution >= 0.6 is 0 Å². The van der Waals surface area contributed by atoms with Crippen LogP contribution in [0.3, 0.4) is 0 Å². The Morgan fingerprint density at radius 1 is 1.39 bits per heavy atom. The highest BCUT2D eigenvalue weighted by atomic mass is 16.7. The molecule has 4 rings (SSSR count). The summed E-state index contributed by atoms with van der Waals surface area (Å²) in [4.78, 5) is 31.2. The van der Waals surface area contributed by atoms with Crippen molar-refractivity contribution in [3.05, 3.63) is 45.5 Å². The van der Waals surface area contributed by atoms with Crippen molar-refractivity contribution in [1.29, 1.82) is 0 Å². The molecule has 1 saturated heterocycles. The minimum Gasteiger partial charge on any atom is -0.481 e. The van der Waals surface area contributed by atoms with Gasteiger partial charge in [0.25, 0.3) is 0 Å². The highest BCUT2D eigenvalue weighted by Gasteiger charge is 2.30. The van der Waals surface area contributed by atoms with Gasteiger partial charge in [-0.3, -0.25) is 14.9 Å². The summed E-state index contributed by atoms with van der Waals surface area (Å²) < 4.78 is 4.62. The zero-order chi connectivity index (χ0) is 16.8. The molecule has 3 aliphatic rings. The van der Waals surface area contributed by atoms with Crippen molar-refractivity contribution < 1.29 is 24.4 Å². The molecule has 0 aromatic heterocycles. The van der Waals surface area contributed by atoms with E-state index in [1.807, 2.05) is 0 Å². The molecule has 2 unspecified atom stereocenters. The first kappa shape index (κ1) is 16.9. The Balaban J connectivity index is 0.000000174. The number of hydrogen-bond donors (Lipinski definition) is 2. The van der Waals surface area contributed by atoms with Gasteiger partial charge in [0.15, 0.2) is 0 Å². The van der Waals surface area contributed by atoms with E-state index in [0.29, 0.717) is 23.5 Å². The zero-order valence-corrected chi connectivity index (χ0v) is 12.4. The van der Waals surface area contributed by atoms with E-state index in [4.69, 9.17) is 5.11 Å². The number of benzene rings is 1. The monoisotopic (exact) mass is 322 g/mol. The maximum Gasteiger partial charge on any atom is 0.383 e. The maximum absolute atomic E-state index is 11.1. The Morgan fingerprint density at radius 2 is 2.09 bits per heavy atom. The van der Waals surface area contributed by atoms with Crippen molar-refractivity contribution in [3.8, 4) is 0 Å². The molecule has 0 spiro atoms. The van der Waals surface area contributed by atoms with Crippen molar-refractivity contribution in [2.45, 2.75) is 25.5 Å². The van der Waals surface area contributed by atoms with Crippen LogP contribution in [0.15, 0.2) is 24.3 Å². The lowest BCUT2D eigenvalue weighted by molar-refractivity contribution is -0.574. The van der Waals surface area contributed by atoms with E-state index in [2.05, 4.69) is 10.1 Å². The van der Waals surface area contributed by atoms with Crippen LogP contribution in [-0.4, -0.2) is 35.1 Å². The summed E-state index contributed by atoms with van der Waals surface area (Å²) in [5, 5.41) is 22.1. The Bertz CT molecular complexity index is 580. The lowest BCUT2D eigenvalue weighted by Crippen LogP contribution is -2.30. The van der Waals surface area contributed by atoms with E-state index in [-0.39, 0.29) is 0 Å². The summed E-state index contributed by atoms with van der Waals surface area (Å²) >= 11 is 0. The molecule has 1 aromatic carbocycles. The standard InChI is InChI=1S/C8H5NO4.C7H13NO2/c10-8-6-3-1-5(2-4-6)7(13-8)9(11)12;9-7(10)4-6-2-1-3-8-5-6/h1-4,7H;6,8H,1-5H2,(H,9,10). The normalized spacial score (nSPS) is 22.3. The SMILES string of the molecule is O=C(O)CC1CCCNC1.O=C1OC([N+](=O)[O-])c2ccc1cc2. The number of nitro groups is 1. The highest BCUT2D eigenvalue weighted by molar-refractivity contribution is 5.90. The predicted molar refractivity (Wildman–Crippen MR) is 79.4 cm³/mol. The lowest BCUT2D eigenvalue weighted by atomic mass is 9.96. The van der Waals surface area contributed by atoms with Crippen LogP contribution < -0.4 is 5.32 Å².